The zero-order valence-electron chi connectivity index (χ0n) is 16.9. The van der Waals surface area contributed by atoms with Crippen LogP contribution in [-0.4, -0.2) is 25.5 Å². The van der Waals surface area contributed by atoms with E-state index in [1.54, 1.807) is 12.1 Å². The minimum absolute atomic E-state index is 0.121. The fourth-order valence-electron chi connectivity index (χ4n) is 2.43. The van der Waals surface area contributed by atoms with Gasteiger partial charge in [-0.25, -0.2) is 0 Å². The molecule has 10 heteroatoms. The Bertz CT molecular complexity index is 959. The second kappa shape index (κ2) is 14.1. The van der Waals surface area contributed by atoms with E-state index < -0.39 is 0 Å². The summed E-state index contributed by atoms with van der Waals surface area (Å²) in [6, 6.07) is 11.1. The number of oxime groups is 1. The number of hydrogen-bond donors (Lipinski definition) is 0. The molecule has 2 aromatic rings. The maximum absolute atomic E-state index is 6.28. The van der Waals surface area contributed by atoms with Crippen molar-refractivity contribution in [1.29, 1.82) is 0 Å². The third kappa shape index (κ3) is 9.70. The standard InChI is InChI=1S/C22H19Cl6NO3/c1-14(29-32-11-8-21(27)28)16-4-2-15(3-5-16)6-9-31-22-18(23)12-17(13-19(22)24)30-10-7-20(25)26/h2-5,7-8,12-13H,6,9-11H2,1H3. The molecule has 0 heterocycles. The van der Waals surface area contributed by atoms with E-state index in [0.717, 1.165) is 16.8 Å². The van der Waals surface area contributed by atoms with E-state index in [2.05, 4.69) is 5.16 Å². The van der Waals surface area contributed by atoms with E-state index in [1.165, 1.54) is 12.2 Å². The van der Waals surface area contributed by atoms with E-state index in [9.17, 15) is 0 Å². The van der Waals surface area contributed by atoms with Crippen molar-refractivity contribution in [1.82, 2.24) is 0 Å². The summed E-state index contributed by atoms with van der Waals surface area (Å²) >= 11 is 34.7. The summed E-state index contributed by atoms with van der Waals surface area (Å²) < 4.78 is 11.5. The van der Waals surface area contributed by atoms with Gasteiger partial charge in [0, 0.05) is 18.6 Å². The highest BCUT2D eigenvalue weighted by atomic mass is 35.5. The quantitative estimate of drug-likeness (QED) is 0.158. The molecule has 0 aliphatic rings. The zero-order valence-corrected chi connectivity index (χ0v) is 21.4. The summed E-state index contributed by atoms with van der Waals surface area (Å²) in [6.45, 7) is 2.64. The Balaban J connectivity index is 1.88. The van der Waals surface area contributed by atoms with Gasteiger partial charge >= 0.3 is 0 Å². The van der Waals surface area contributed by atoms with Crippen LogP contribution in [0.25, 0.3) is 0 Å². The molecule has 0 fully saturated rings. The average Bonchev–Trinajstić information content (AvgIpc) is 2.73. The first-order valence-corrected chi connectivity index (χ1v) is 11.6. The molecule has 172 valence electrons. The molecule has 0 unspecified atom stereocenters. The summed E-state index contributed by atoms with van der Waals surface area (Å²) in [4.78, 5) is 5.14. The SMILES string of the molecule is CC(=NOCC=C(Cl)Cl)c1ccc(CCOc2c(Cl)cc(OCC=C(Cl)Cl)cc2Cl)cc1. The molecular weight excluding hydrogens is 539 g/mol. The Labute approximate surface area is 217 Å². The maximum atomic E-state index is 6.28. The van der Waals surface area contributed by atoms with Crippen LogP contribution in [0.4, 0.5) is 0 Å². The van der Waals surface area contributed by atoms with Crippen LogP contribution in [0.2, 0.25) is 10.0 Å². The fourth-order valence-corrected chi connectivity index (χ4v) is 3.26. The summed E-state index contributed by atoms with van der Waals surface area (Å²) in [5.74, 6) is 0.881. The Hall–Kier alpha value is -1.27. The van der Waals surface area contributed by atoms with Gasteiger partial charge in [0.2, 0.25) is 0 Å². The smallest absolute Gasteiger partial charge is 0.156 e. The monoisotopic (exact) mass is 555 g/mol. The molecule has 0 aliphatic heterocycles. The van der Waals surface area contributed by atoms with Crippen molar-refractivity contribution in [3.05, 3.63) is 78.7 Å². The first kappa shape index (κ1) is 27.0. The minimum atomic E-state index is 0.121. The molecule has 0 N–H and O–H groups in total. The van der Waals surface area contributed by atoms with Crippen LogP contribution in [-0.2, 0) is 11.3 Å². The van der Waals surface area contributed by atoms with Gasteiger partial charge in [0.1, 0.15) is 27.9 Å². The van der Waals surface area contributed by atoms with Crippen LogP contribution in [0.15, 0.2) is 62.7 Å². The fraction of sp³-hybridized carbons (Fsp3) is 0.227. The highest BCUT2D eigenvalue weighted by Gasteiger charge is 2.11. The summed E-state index contributed by atoms with van der Waals surface area (Å²) in [6.07, 6.45) is 3.68. The molecule has 2 aromatic carbocycles. The van der Waals surface area contributed by atoms with Crippen molar-refractivity contribution in [2.24, 2.45) is 5.16 Å². The Morgan fingerprint density at radius 2 is 1.47 bits per heavy atom. The average molecular weight is 558 g/mol. The first-order valence-electron chi connectivity index (χ1n) is 9.29. The van der Waals surface area contributed by atoms with Crippen molar-refractivity contribution in [3.63, 3.8) is 0 Å². The second-order valence-electron chi connectivity index (χ2n) is 6.28. The summed E-state index contributed by atoms with van der Waals surface area (Å²) in [5.41, 5.74) is 2.75. The lowest BCUT2D eigenvalue weighted by Gasteiger charge is -2.12. The lowest BCUT2D eigenvalue weighted by Crippen LogP contribution is -2.03. The number of hydrogen-bond acceptors (Lipinski definition) is 4. The molecule has 32 heavy (non-hydrogen) atoms. The summed E-state index contributed by atoms with van der Waals surface area (Å²) in [5, 5.41) is 4.72. The third-order valence-electron chi connectivity index (χ3n) is 3.98. The van der Waals surface area contributed by atoms with Gasteiger partial charge in [0.15, 0.2) is 5.75 Å². The van der Waals surface area contributed by atoms with Gasteiger partial charge in [0.25, 0.3) is 0 Å². The molecule has 0 radical (unpaired) electrons. The molecule has 0 bridgehead atoms. The van der Waals surface area contributed by atoms with Crippen molar-refractivity contribution in [2.75, 3.05) is 19.8 Å². The van der Waals surface area contributed by atoms with Gasteiger partial charge in [0.05, 0.1) is 22.4 Å². The van der Waals surface area contributed by atoms with Crippen LogP contribution in [0, 0.1) is 0 Å². The second-order valence-corrected chi connectivity index (χ2v) is 9.11. The molecule has 0 saturated heterocycles. The van der Waals surface area contributed by atoms with Crippen LogP contribution in [0.3, 0.4) is 0 Å². The Morgan fingerprint density at radius 1 is 0.875 bits per heavy atom. The van der Waals surface area contributed by atoms with Gasteiger partial charge in [-0.3, -0.25) is 0 Å². The number of halogens is 6. The number of benzene rings is 2. The first-order chi connectivity index (χ1) is 15.3. The molecule has 0 saturated carbocycles. The van der Waals surface area contributed by atoms with Crippen LogP contribution >= 0.6 is 69.6 Å². The number of ether oxygens (including phenoxy) is 2. The van der Waals surface area contributed by atoms with Crippen molar-refractivity contribution >= 4 is 75.3 Å². The van der Waals surface area contributed by atoms with E-state index in [-0.39, 0.29) is 22.2 Å². The van der Waals surface area contributed by atoms with Crippen LogP contribution < -0.4 is 9.47 Å². The van der Waals surface area contributed by atoms with Crippen molar-refractivity contribution in [2.45, 2.75) is 13.3 Å². The van der Waals surface area contributed by atoms with E-state index in [1.807, 2.05) is 31.2 Å². The normalized spacial score (nSPS) is 11.0. The van der Waals surface area contributed by atoms with E-state index in [0.29, 0.717) is 34.6 Å². The highest BCUT2D eigenvalue weighted by Crippen LogP contribution is 2.37. The van der Waals surface area contributed by atoms with Gasteiger partial charge < -0.3 is 14.3 Å². The van der Waals surface area contributed by atoms with Gasteiger partial charge in [-0.05, 0) is 30.2 Å². The molecule has 0 aliphatic carbocycles. The minimum Gasteiger partial charge on any atom is -0.490 e. The predicted molar refractivity (Wildman–Crippen MR) is 135 cm³/mol. The molecule has 0 spiro atoms. The molecule has 0 atom stereocenters. The van der Waals surface area contributed by atoms with E-state index in [4.69, 9.17) is 83.9 Å². The third-order valence-corrected chi connectivity index (χ3v) is 5.16. The predicted octanol–water partition coefficient (Wildman–Crippen LogP) is 8.37. The topological polar surface area (TPSA) is 40.0 Å². The number of nitrogens with zero attached hydrogens (tertiary/aromatic N) is 1. The maximum Gasteiger partial charge on any atom is 0.156 e. The number of rotatable bonds is 11. The molecule has 0 amide bonds. The molecular formula is C22H19Cl6NO3. The van der Waals surface area contributed by atoms with Crippen molar-refractivity contribution in [3.8, 4) is 11.5 Å². The largest absolute Gasteiger partial charge is 0.490 e. The lowest BCUT2D eigenvalue weighted by atomic mass is 10.1. The Kier molecular flexibility index (Phi) is 11.9. The van der Waals surface area contributed by atoms with Gasteiger partial charge in [-0.15, -0.1) is 0 Å². The molecule has 2 rings (SSSR count). The Morgan fingerprint density at radius 3 is 2.06 bits per heavy atom. The van der Waals surface area contributed by atoms with Crippen LogP contribution in [0.1, 0.15) is 18.1 Å². The molecule has 0 aromatic heterocycles. The van der Waals surface area contributed by atoms with Gasteiger partial charge in [-0.2, -0.15) is 0 Å². The summed E-state index contributed by atoms with van der Waals surface area (Å²) in [7, 11) is 0. The van der Waals surface area contributed by atoms with E-state index >= 15 is 0 Å². The zero-order chi connectivity index (χ0) is 23.5. The lowest BCUT2D eigenvalue weighted by molar-refractivity contribution is 0.174. The molecule has 4 nitrogen and oxygen atoms in total. The van der Waals surface area contributed by atoms with Gasteiger partial charge in [-0.1, -0.05) is 99.0 Å². The van der Waals surface area contributed by atoms with Crippen LogP contribution in [0.5, 0.6) is 11.5 Å². The highest BCUT2D eigenvalue weighted by molar-refractivity contribution is 6.56. The van der Waals surface area contributed by atoms with Crippen molar-refractivity contribution < 1.29 is 14.3 Å².